The normalized spacial score (nSPS) is 18.2. The predicted molar refractivity (Wildman–Crippen MR) is 142 cm³/mol. The van der Waals surface area contributed by atoms with E-state index in [1.807, 2.05) is 0 Å². The minimum atomic E-state index is 0.0741. The molecule has 0 aromatic rings. The third kappa shape index (κ3) is 15.3. The first-order valence-electron chi connectivity index (χ1n) is 14.5. The van der Waals surface area contributed by atoms with E-state index in [1.165, 1.54) is 122 Å². The fourth-order valence-corrected chi connectivity index (χ4v) is 4.98. The Hall–Kier alpha value is -0.520. The van der Waals surface area contributed by atoms with Gasteiger partial charge in [0, 0.05) is 25.6 Å². The quantitative estimate of drug-likeness (QED) is 0.154. The number of likely N-dealkylation sites (tertiary alicyclic amines) is 1. The van der Waals surface area contributed by atoms with E-state index in [9.17, 15) is 0 Å². The highest BCUT2D eigenvalue weighted by Crippen LogP contribution is 2.23. The maximum Gasteiger partial charge on any atom is 0.115 e. The van der Waals surface area contributed by atoms with Crippen molar-refractivity contribution in [2.24, 2.45) is 11.8 Å². The van der Waals surface area contributed by atoms with E-state index < -0.39 is 0 Å². The van der Waals surface area contributed by atoms with Crippen molar-refractivity contribution in [3.8, 4) is 11.8 Å². The Morgan fingerprint density at radius 2 is 1.28 bits per heavy atom. The number of ether oxygens (including phenoxy) is 1. The molecule has 1 fully saturated rings. The summed E-state index contributed by atoms with van der Waals surface area (Å²) in [6, 6.07) is 0. The molecule has 2 unspecified atom stereocenters. The molecular weight excluding hydrogens is 390 g/mol. The van der Waals surface area contributed by atoms with Crippen LogP contribution in [0.2, 0.25) is 0 Å². The van der Waals surface area contributed by atoms with Gasteiger partial charge < -0.3 is 9.64 Å². The molecule has 2 nitrogen and oxygen atoms in total. The second kappa shape index (κ2) is 19.9. The van der Waals surface area contributed by atoms with Crippen molar-refractivity contribution >= 4 is 0 Å². The summed E-state index contributed by atoms with van der Waals surface area (Å²) >= 11 is 0. The van der Waals surface area contributed by atoms with E-state index in [1.54, 1.807) is 0 Å². The monoisotopic (exact) mass is 447 g/mol. The third-order valence-electron chi connectivity index (χ3n) is 7.15. The predicted octanol–water partition coefficient (Wildman–Crippen LogP) is 8.63. The number of rotatable bonds is 18. The lowest BCUT2D eigenvalue weighted by atomic mass is 9.93. The smallest absolute Gasteiger partial charge is 0.115 e. The van der Waals surface area contributed by atoms with Crippen molar-refractivity contribution in [3.63, 3.8) is 0 Å². The van der Waals surface area contributed by atoms with Crippen LogP contribution in [-0.2, 0) is 4.74 Å². The topological polar surface area (TPSA) is 12.5 Å². The molecule has 1 heterocycles. The highest BCUT2D eigenvalue weighted by Gasteiger charge is 2.23. The Bertz CT molecular complexity index is 471. The molecule has 0 spiro atoms. The van der Waals surface area contributed by atoms with E-state index >= 15 is 0 Å². The molecule has 0 radical (unpaired) electrons. The lowest BCUT2D eigenvalue weighted by Crippen LogP contribution is -2.40. The van der Waals surface area contributed by atoms with Gasteiger partial charge in [-0.3, -0.25) is 0 Å². The number of piperidine rings is 1. The van der Waals surface area contributed by atoms with E-state index in [0.717, 1.165) is 5.92 Å². The first-order chi connectivity index (χ1) is 15.6. The Labute approximate surface area is 202 Å². The molecule has 1 aliphatic heterocycles. The van der Waals surface area contributed by atoms with E-state index in [0.29, 0.717) is 12.0 Å². The maximum atomic E-state index is 6.29. The summed E-state index contributed by atoms with van der Waals surface area (Å²) in [5.74, 6) is 8.19. The van der Waals surface area contributed by atoms with Crippen LogP contribution in [0.25, 0.3) is 0 Å². The van der Waals surface area contributed by atoms with E-state index in [2.05, 4.69) is 51.4 Å². The van der Waals surface area contributed by atoms with Crippen molar-refractivity contribution in [1.29, 1.82) is 0 Å². The molecule has 0 N–H and O–H groups in total. The minimum Gasteiger partial charge on any atom is -0.362 e. The molecule has 0 aliphatic carbocycles. The van der Waals surface area contributed by atoms with Gasteiger partial charge in [0.1, 0.15) is 6.10 Å². The van der Waals surface area contributed by atoms with E-state index in [4.69, 9.17) is 4.74 Å². The van der Waals surface area contributed by atoms with Crippen LogP contribution in [0, 0.1) is 23.7 Å². The van der Waals surface area contributed by atoms with Crippen LogP contribution in [0.1, 0.15) is 137 Å². The molecule has 0 bridgehead atoms. The largest absolute Gasteiger partial charge is 0.362 e. The lowest BCUT2D eigenvalue weighted by Gasteiger charge is -2.35. The molecular formula is C30H57NO. The first-order valence-corrected chi connectivity index (χ1v) is 14.5. The average molecular weight is 448 g/mol. The van der Waals surface area contributed by atoms with Gasteiger partial charge in [0.05, 0.1) is 6.10 Å². The van der Waals surface area contributed by atoms with Crippen molar-refractivity contribution in [1.82, 2.24) is 4.90 Å². The van der Waals surface area contributed by atoms with Crippen LogP contribution in [0.5, 0.6) is 0 Å². The summed E-state index contributed by atoms with van der Waals surface area (Å²) in [7, 11) is 0. The van der Waals surface area contributed by atoms with Gasteiger partial charge in [-0.2, -0.15) is 0 Å². The zero-order chi connectivity index (χ0) is 23.4. The van der Waals surface area contributed by atoms with Crippen molar-refractivity contribution in [2.75, 3.05) is 19.6 Å². The number of hydrogen-bond donors (Lipinski definition) is 0. The molecule has 32 heavy (non-hydrogen) atoms. The van der Waals surface area contributed by atoms with Gasteiger partial charge in [-0.15, -0.1) is 0 Å². The zero-order valence-electron chi connectivity index (χ0n) is 22.6. The average Bonchev–Trinajstić information content (AvgIpc) is 2.80. The van der Waals surface area contributed by atoms with E-state index in [-0.39, 0.29) is 6.10 Å². The molecule has 1 rings (SSSR count). The van der Waals surface area contributed by atoms with Crippen LogP contribution >= 0.6 is 0 Å². The summed E-state index contributed by atoms with van der Waals surface area (Å²) in [4.78, 5) is 2.74. The van der Waals surface area contributed by atoms with Gasteiger partial charge in [-0.25, -0.2) is 0 Å². The van der Waals surface area contributed by atoms with Crippen molar-refractivity contribution in [3.05, 3.63) is 0 Å². The van der Waals surface area contributed by atoms with Gasteiger partial charge >= 0.3 is 0 Å². The van der Waals surface area contributed by atoms with Crippen molar-refractivity contribution < 1.29 is 4.74 Å². The molecule has 0 aromatic heterocycles. The maximum absolute atomic E-state index is 6.29. The molecule has 0 aromatic carbocycles. The summed E-state index contributed by atoms with van der Waals surface area (Å²) in [5, 5.41) is 0. The number of hydrogen-bond acceptors (Lipinski definition) is 2. The Balaban J connectivity index is 2.34. The van der Waals surface area contributed by atoms with Crippen LogP contribution in [0.3, 0.4) is 0 Å². The molecule has 188 valence electrons. The van der Waals surface area contributed by atoms with Gasteiger partial charge in [0.25, 0.3) is 0 Å². The summed E-state index contributed by atoms with van der Waals surface area (Å²) < 4.78 is 6.29. The second-order valence-electron chi connectivity index (χ2n) is 10.5. The van der Waals surface area contributed by atoms with Crippen LogP contribution in [0.15, 0.2) is 0 Å². The fraction of sp³-hybridized carbons (Fsp3) is 0.933. The van der Waals surface area contributed by atoms with Crippen LogP contribution in [0.4, 0.5) is 0 Å². The van der Waals surface area contributed by atoms with Crippen LogP contribution in [-0.4, -0.2) is 36.7 Å². The van der Waals surface area contributed by atoms with Gasteiger partial charge in [0.2, 0.25) is 0 Å². The third-order valence-corrected chi connectivity index (χ3v) is 7.15. The Morgan fingerprint density at radius 3 is 1.88 bits per heavy atom. The van der Waals surface area contributed by atoms with Crippen LogP contribution < -0.4 is 0 Å². The zero-order valence-corrected chi connectivity index (χ0v) is 22.6. The number of unbranched alkanes of at least 4 members (excludes halogenated alkanes) is 8. The fourth-order valence-electron chi connectivity index (χ4n) is 4.98. The first kappa shape index (κ1) is 29.5. The van der Waals surface area contributed by atoms with Gasteiger partial charge in [-0.1, -0.05) is 110 Å². The molecule has 0 saturated carbocycles. The highest BCUT2D eigenvalue weighted by molar-refractivity contribution is 5.06. The molecule has 1 aliphatic rings. The molecule has 1 saturated heterocycles. The van der Waals surface area contributed by atoms with Gasteiger partial charge in [0.15, 0.2) is 0 Å². The lowest BCUT2D eigenvalue weighted by molar-refractivity contribution is -0.0146. The summed E-state index contributed by atoms with van der Waals surface area (Å²) in [5.41, 5.74) is 0. The number of nitrogens with zero attached hydrogens (tertiary/aromatic N) is 1. The van der Waals surface area contributed by atoms with Gasteiger partial charge in [-0.05, 0) is 44.9 Å². The molecule has 2 heteroatoms. The Morgan fingerprint density at radius 1 is 0.719 bits per heavy atom. The second-order valence-corrected chi connectivity index (χ2v) is 10.5. The van der Waals surface area contributed by atoms with Crippen molar-refractivity contribution in [2.45, 2.75) is 150 Å². The molecule has 3 atom stereocenters. The standard InChI is InChI=1S/C30H57NO/c1-6-9-12-14-16-19-29(18-15-13-10-7-2)26-31-24-22-30(23-25-31)32-28(5)21-20-27(4)17-11-8-3/h27-30H,6-19,22-26H2,1-5H3/t27?,28-,29?/m0/s1. The summed E-state index contributed by atoms with van der Waals surface area (Å²) in [6.07, 6.45) is 22.1. The Kier molecular flexibility index (Phi) is 18.4. The minimum absolute atomic E-state index is 0.0741. The summed E-state index contributed by atoms with van der Waals surface area (Å²) in [6.45, 7) is 15.0. The highest BCUT2D eigenvalue weighted by atomic mass is 16.5. The molecule has 0 amide bonds. The SMILES string of the molecule is CCCCCCCC(CCCCCC)CN1CCC(O[C@@H](C)C#CC(C)CCCC)CC1.